The first-order chi connectivity index (χ1) is 12.1. The van der Waals surface area contributed by atoms with Gasteiger partial charge in [-0.05, 0) is 43.0 Å². The van der Waals surface area contributed by atoms with E-state index in [2.05, 4.69) is 11.8 Å². The molecule has 0 aliphatic carbocycles. The van der Waals surface area contributed by atoms with Gasteiger partial charge in [-0.15, -0.1) is 0 Å². The fourth-order valence-electron chi connectivity index (χ4n) is 3.61. The average Bonchev–Trinajstić information content (AvgIpc) is 2.67. The van der Waals surface area contributed by atoms with Crippen molar-refractivity contribution in [3.8, 4) is 5.75 Å². The highest BCUT2D eigenvalue weighted by molar-refractivity contribution is 6.34. The molecule has 3 rings (SSSR count). The van der Waals surface area contributed by atoms with Crippen LogP contribution in [0.25, 0.3) is 0 Å². The van der Waals surface area contributed by atoms with Gasteiger partial charge in [0.25, 0.3) is 0 Å². The molecule has 1 aromatic rings. The Morgan fingerprint density at radius 3 is 2.20 bits per heavy atom. The predicted octanol–water partition coefficient (Wildman–Crippen LogP) is 1.60. The van der Waals surface area contributed by atoms with Crippen molar-refractivity contribution in [2.24, 2.45) is 5.92 Å². The van der Waals surface area contributed by atoms with Gasteiger partial charge in [0.1, 0.15) is 5.75 Å². The minimum absolute atomic E-state index is 0.329. The quantitative estimate of drug-likeness (QED) is 0.764. The molecule has 0 bridgehead atoms. The second-order valence-electron chi connectivity index (χ2n) is 6.98. The molecular weight excluding hydrogens is 318 g/mol. The van der Waals surface area contributed by atoms with Crippen molar-refractivity contribution in [2.75, 3.05) is 51.3 Å². The molecule has 1 atom stereocenters. The second kappa shape index (κ2) is 7.76. The van der Waals surface area contributed by atoms with Crippen molar-refractivity contribution in [2.45, 2.75) is 19.8 Å². The minimum Gasteiger partial charge on any atom is -0.497 e. The summed E-state index contributed by atoms with van der Waals surface area (Å²) in [4.78, 5) is 30.7. The first kappa shape index (κ1) is 17.6. The number of amides is 2. The van der Waals surface area contributed by atoms with E-state index in [1.54, 1.807) is 16.9 Å². The zero-order valence-electron chi connectivity index (χ0n) is 15.1. The van der Waals surface area contributed by atoms with E-state index in [4.69, 9.17) is 4.74 Å². The zero-order chi connectivity index (χ0) is 17.8. The van der Waals surface area contributed by atoms with Crippen LogP contribution in [0.4, 0.5) is 5.69 Å². The van der Waals surface area contributed by atoms with E-state index in [1.807, 2.05) is 24.3 Å². The van der Waals surface area contributed by atoms with Gasteiger partial charge in [-0.25, -0.2) is 0 Å². The highest BCUT2D eigenvalue weighted by atomic mass is 16.5. The van der Waals surface area contributed by atoms with Gasteiger partial charge in [-0.2, -0.15) is 0 Å². The Morgan fingerprint density at radius 1 is 0.960 bits per heavy atom. The average molecular weight is 345 g/mol. The van der Waals surface area contributed by atoms with E-state index in [-0.39, 0.29) is 11.8 Å². The molecule has 0 aromatic heterocycles. The molecule has 6 heteroatoms. The smallest absolute Gasteiger partial charge is 0.312 e. The number of benzene rings is 1. The van der Waals surface area contributed by atoms with E-state index in [9.17, 15) is 9.59 Å². The SMILES string of the molecule is COc1ccc(N2CCN(C(=O)C(=O)N3CCCC(C)C3)CC2)cc1. The molecule has 0 spiro atoms. The molecular formula is C19H27N3O3. The van der Waals surface area contributed by atoms with E-state index < -0.39 is 0 Å². The Kier molecular flexibility index (Phi) is 5.46. The number of carbonyl (C=O) groups excluding carboxylic acids is 2. The fourth-order valence-corrected chi connectivity index (χ4v) is 3.61. The second-order valence-corrected chi connectivity index (χ2v) is 6.98. The molecule has 6 nitrogen and oxygen atoms in total. The van der Waals surface area contributed by atoms with Crippen LogP contribution in [0.1, 0.15) is 19.8 Å². The van der Waals surface area contributed by atoms with Crippen LogP contribution in [-0.2, 0) is 9.59 Å². The summed E-state index contributed by atoms with van der Waals surface area (Å²) in [5.74, 6) is 0.643. The molecule has 1 aromatic carbocycles. The number of rotatable bonds is 2. The molecule has 0 N–H and O–H groups in total. The number of carbonyl (C=O) groups is 2. The fraction of sp³-hybridized carbons (Fsp3) is 0.579. The van der Waals surface area contributed by atoms with Gasteiger partial charge in [0, 0.05) is 45.0 Å². The van der Waals surface area contributed by atoms with Crippen LogP contribution in [-0.4, -0.2) is 68.0 Å². The van der Waals surface area contributed by atoms with Gasteiger partial charge in [0.05, 0.1) is 7.11 Å². The van der Waals surface area contributed by atoms with Gasteiger partial charge >= 0.3 is 11.8 Å². The Morgan fingerprint density at radius 2 is 1.60 bits per heavy atom. The van der Waals surface area contributed by atoms with Crippen LogP contribution in [0.15, 0.2) is 24.3 Å². The third kappa shape index (κ3) is 4.06. The first-order valence-electron chi connectivity index (χ1n) is 9.05. The van der Waals surface area contributed by atoms with E-state index in [1.165, 1.54) is 0 Å². The lowest BCUT2D eigenvalue weighted by Crippen LogP contribution is -2.54. The molecule has 2 amide bonds. The summed E-state index contributed by atoms with van der Waals surface area (Å²) in [6.07, 6.45) is 2.13. The van der Waals surface area contributed by atoms with Crippen molar-refractivity contribution in [1.29, 1.82) is 0 Å². The summed E-state index contributed by atoms with van der Waals surface area (Å²) in [5, 5.41) is 0. The Labute approximate surface area is 149 Å². The maximum atomic E-state index is 12.5. The number of ether oxygens (including phenoxy) is 1. The Balaban J connectivity index is 1.54. The van der Waals surface area contributed by atoms with Crippen LogP contribution < -0.4 is 9.64 Å². The van der Waals surface area contributed by atoms with Crippen molar-refractivity contribution in [3.05, 3.63) is 24.3 Å². The molecule has 136 valence electrons. The third-order valence-electron chi connectivity index (χ3n) is 5.13. The van der Waals surface area contributed by atoms with Crippen LogP contribution in [0, 0.1) is 5.92 Å². The lowest BCUT2D eigenvalue weighted by molar-refractivity contribution is -0.153. The lowest BCUT2D eigenvalue weighted by atomic mass is 10.0. The van der Waals surface area contributed by atoms with E-state index >= 15 is 0 Å². The molecule has 1 unspecified atom stereocenters. The van der Waals surface area contributed by atoms with Crippen LogP contribution in [0.2, 0.25) is 0 Å². The summed E-state index contributed by atoms with van der Waals surface area (Å²) < 4.78 is 5.18. The summed E-state index contributed by atoms with van der Waals surface area (Å²) in [7, 11) is 1.65. The summed E-state index contributed by atoms with van der Waals surface area (Å²) >= 11 is 0. The molecule has 25 heavy (non-hydrogen) atoms. The van der Waals surface area contributed by atoms with Gasteiger partial charge in [-0.3, -0.25) is 9.59 Å². The molecule has 0 radical (unpaired) electrons. The van der Waals surface area contributed by atoms with Crippen LogP contribution >= 0.6 is 0 Å². The standard InChI is InChI=1S/C19H27N3O3/c1-15-4-3-9-22(14-15)19(24)18(23)21-12-10-20(11-13-21)16-5-7-17(25-2)8-6-16/h5-8,15H,3-4,9-14H2,1-2H3. The molecule has 0 saturated carbocycles. The van der Waals surface area contributed by atoms with Gasteiger partial charge < -0.3 is 19.4 Å². The first-order valence-corrected chi connectivity index (χ1v) is 9.05. The predicted molar refractivity (Wildman–Crippen MR) is 96.8 cm³/mol. The summed E-state index contributed by atoms with van der Waals surface area (Å²) in [6, 6.07) is 7.93. The van der Waals surface area contributed by atoms with Gasteiger partial charge in [-0.1, -0.05) is 6.92 Å². The van der Waals surface area contributed by atoms with Gasteiger partial charge in [0.15, 0.2) is 0 Å². The van der Waals surface area contributed by atoms with Crippen LogP contribution in [0.5, 0.6) is 5.75 Å². The minimum atomic E-state index is -0.344. The third-order valence-corrected chi connectivity index (χ3v) is 5.13. The number of piperazine rings is 1. The highest BCUT2D eigenvalue weighted by Gasteiger charge is 2.31. The van der Waals surface area contributed by atoms with E-state index in [0.29, 0.717) is 32.1 Å². The van der Waals surface area contributed by atoms with Crippen molar-refractivity contribution in [3.63, 3.8) is 0 Å². The normalized spacial score (nSPS) is 21.2. The molecule has 2 aliphatic heterocycles. The van der Waals surface area contributed by atoms with Gasteiger partial charge in [0.2, 0.25) is 0 Å². The maximum absolute atomic E-state index is 12.5. The monoisotopic (exact) mass is 345 g/mol. The van der Waals surface area contributed by atoms with E-state index in [0.717, 1.165) is 37.4 Å². The number of hydrogen-bond acceptors (Lipinski definition) is 4. The molecule has 2 heterocycles. The zero-order valence-corrected chi connectivity index (χ0v) is 15.1. The molecule has 2 aliphatic rings. The van der Waals surface area contributed by atoms with Crippen molar-refractivity contribution >= 4 is 17.5 Å². The Bertz CT molecular complexity index is 609. The molecule has 2 fully saturated rings. The topological polar surface area (TPSA) is 53.1 Å². The van der Waals surface area contributed by atoms with Crippen molar-refractivity contribution < 1.29 is 14.3 Å². The summed E-state index contributed by atoms with van der Waals surface area (Å²) in [5.41, 5.74) is 1.11. The number of methoxy groups -OCH3 is 1. The number of likely N-dealkylation sites (tertiary alicyclic amines) is 1. The molecule has 2 saturated heterocycles. The number of nitrogens with zero attached hydrogens (tertiary/aromatic N) is 3. The lowest BCUT2D eigenvalue weighted by Gasteiger charge is -2.37. The van der Waals surface area contributed by atoms with Crippen LogP contribution in [0.3, 0.4) is 0 Å². The largest absolute Gasteiger partial charge is 0.497 e. The van der Waals surface area contributed by atoms with Crippen molar-refractivity contribution in [1.82, 2.24) is 9.80 Å². The highest BCUT2D eigenvalue weighted by Crippen LogP contribution is 2.21. The number of hydrogen-bond donors (Lipinski definition) is 0. The number of anilines is 1. The number of piperidine rings is 1. The Hall–Kier alpha value is -2.24. The maximum Gasteiger partial charge on any atom is 0.312 e. The summed E-state index contributed by atoms with van der Waals surface area (Å²) in [6.45, 7) is 6.19.